The fraction of sp³-hybridized carbons (Fsp3) is 0.833. The third-order valence-corrected chi connectivity index (χ3v) is 1.99. The molecule has 0 heterocycles. The Hall–Kier alpha value is -0.240. The minimum absolute atomic E-state index is 0.0535. The lowest BCUT2D eigenvalue weighted by molar-refractivity contribution is -0.148. The van der Waals surface area contributed by atoms with E-state index in [1.807, 2.05) is 0 Å². The molecule has 0 saturated carbocycles. The van der Waals surface area contributed by atoms with Crippen LogP contribution in [0.4, 0.5) is 0 Å². The average Bonchev–Trinajstić information content (AvgIpc) is 2.13. The van der Waals surface area contributed by atoms with Crippen LogP contribution in [0.1, 0.15) is 0 Å². The summed E-state index contributed by atoms with van der Waals surface area (Å²) in [6.45, 7) is -0.914. The Bertz CT molecular complexity index is 173. The van der Waals surface area contributed by atoms with Gasteiger partial charge in [0.2, 0.25) is 0 Å². The molecule has 0 rings (SSSR count). The molecule has 0 radical (unpaired) electrons. The van der Waals surface area contributed by atoms with Gasteiger partial charge in [-0.05, 0) is 0 Å². The van der Waals surface area contributed by atoms with Gasteiger partial charge in [0.05, 0.1) is 6.61 Å². The largest absolute Gasteiger partial charge is 0.394 e. The van der Waals surface area contributed by atoms with Crippen LogP contribution in [0.5, 0.6) is 0 Å². The number of carbonyl (C=O) groups excluding carboxylic acids is 1. The van der Waals surface area contributed by atoms with Crippen LogP contribution in [0.25, 0.3) is 0 Å². The van der Waals surface area contributed by atoms with Crippen LogP contribution in [0.15, 0.2) is 0 Å². The number of aliphatic hydroxyl groups excluding tert-OH is 4. The van der Waals surface area contributed by atoms with Gasteiger partial charge in [-0.1, -0.05) is 11.6 Å². The molecule has 0 aromatic rings. The molecule has 0 aromatic carbocycles. The Morgan fingerprint density at radius 3 is 2.15 bits per heavy atom. The van der Waals surface area contributed by atoms with Crippen LogP contribution in [-0.2, 0) is 4.79 Å². The van der Waals surface area contributed by atoms with E-state index in [1.54, 1.807) is 0 Å². The van der Waals surface area contributed by atoms with E-state index < -0.39 is 30.0 Å². The first-order valence-electron chi connectivity index (χ1n) is 3.39. The molecule has 13 heavy (non-hydrogen) atoms. The second kappa shape index (κ2) is 4.85. The fourth-order valence-corrected chi connectivity index (χ4v) is 0.837. The zero-order valence-electron chi connectivity index (χ0n) is 6.54. The predicted molar refractivity (Wildman–Crippen MR) is 42.0 cm³/mol. The summed E-state index contributed by atoms with van der Waals surface area (Å²) >= 11 is 5.19. The molecule has 0 aliphatic heterocycles. The van der Waals surface area contributed by atoms with E-state index >= 15 is 0 Å². The molecule has 4 atom stereocenters. The smallest absolute Gasteiger partial charge is 0.195 e. The SMILES string of the molecule is O=C[C@H](O)[C@@H](O)[C@](O)(Cl)[C@H](O)CO. The number of alkyl halides is 1. The summed E-state index contributed by atoms with van der Waals surface area (Å²) in [6, 6.07) is 0. The summed E-state index contributed by atoms with van der Waals surface area (Å²) in [5, 5.41) is 41.5. The molecule has 5 N–H and O–H groups in total. The molecule has 78 valence electrons. The van der Waals surface area contributed by atoms with E-state index in [-0.39, 0.29) is 6.29 Å². The lowest BCUT2D eigenvalue weighted by Gasteiger charge is -2.31. The van der Waals surface area contributed by atoms with Gasteiger partial charge >= 0.3 is 0 Å². The summed E-state index contributed by atoms with van der Waals surface area (Å²) < 4.78 is 0. The quantitative estimate of drug-likeness (QED) is 0.249. The standard InChI is InChI=1S/C6H11ClO6/c7-6(13,4(11)2-9)5(12)3(10)1-8/h1,3-5,9-13H,2H2/t3-,4+,5+,6-/m0/s1. The summed E-state index contributed by atoms with van der Waals surface area (Å²) in [4.78, 5) is 9.98. The number of hydrogen-bond acceptors (Lipinski definition) is 6. The van der Waals surface area contributed by atoms with Crippen LogP contribution in [0.3, 0.4) is 0 Å². The molecule has 0 unspecified atom stereocenters. The van der Waals surface area contributed by atoms with Gasteiger partial charge in [0.15, 0.2) is 11.3 Å². The highest BCUT2D eigenvalue weighted by atomic mass is 35.5. The highest BCUT2D eigenvalue weighted by Crippen LogP contribution is 2.22. The molecule has 0 amide bonds. The Labute approximate surface area is 79.0 Å². The molecule has 6 nitrogen and oxygen atoms in total. The maximum absolute atomic E-state index is 9.98. The van der Waals surface area contributed by atoms with Gasteiger partial charge in [-0.15, -0.1) is 0 Å². The van der Waals surface area contributed by atoms with E-state index in [1.165, 1.54) is 0 Å². The van der Waals surface area contributed by atoms with E-state index in [2.05, 4.69) is 0 Å². The zero-order valence-corrected chi connectivity index (χ0v) is 7.29. The van der Waals surface area contributed by atoms with Crippen molar-refractivity contribution in [3.05, 3.63) is 0 Å². The summed E-state index contributed by atoms with van der Waals surface area (Å²) in [7, 11) is 0. The van der Waals surface area contributed by atoms with E-state index in [0.29, 0.717) is 0 Å². The van der Waals surface area contributed by atoms with Gasteiger partial charge in [0, 0.05) is 0 Å². The molecule has 0 bridgehead atoms. The van der Waals surface area contributed by atoms with Crippen molar-refractivity contribution < 1.29 is 30.3 Å². The lowest BCUT2D eigenvalue weighted by atomic mass is 10.0. The Balaban J connectivity index is 4.51. The summed E-state index contributed by atoms with van der Waals surface area (Å²) in [6.07, 6.45) is -5.92. The Morgan fingerprint density at radius 2 is 1.85 bits per heavy atom. The van der Waals surface area contributed by atoms with Crippen LogP contribution >= 0.6 is 11.6 Å². The van der Waals surface area contributed by atoms with Crippen molar-refractivity contribution in [3.8, 4) is 0 Å². The molecule has 0 spiro atoms. The predicted octanol–water partition coefficient (Wildman–Crippen LogP) is -2.81. The Morgan fingerprint density at radius 1 is 1.38 bits per heavy atom. The van der Waals surface area contributed by atoms with Crippen LogP contribution < -0.4 is 0 Å². The van der Waals surface area contributed by atoms with E-state index in [4.69, 9.17) is 37.1 Å². The zero-order chi connectivity index (χ0) is 10.6. The average molecular weight is 215 g/mol. The normalized spacial score (nSPS) is 22.9. The topological polar surface area (TPSA) is 118 Å². The third kappa shape index (κ3) is 2.87. The maximum atomic E-state index is 9.98. The summed E-state index contributed by atoms with van der Waals surface area (Å²) in [5.74, 6) is 0. The fourth-order valence-electron chi connectivity index (χ4n) is 0.639. The van der Waals surface area contributed by atoms with Crippen molar-refractivity contribution >= 4 is 17.9 Å². The number of hydrogen-bond donors (Lipinski definition) is 5. The first-order chi connectivity index (χ1) is 5.87. The van der Waals surface area contributed by atoms with Crippen molar-refractivity contribution in [2.24, 2.45) is 0 Å². The van der Waals surface area contributed by atoms with Crippen molar-refractivity contribution in [2.75, 3.05) is 6.61 Å². The number of aldehydes is 1. The lowest BCUT2D eigenvalue weighted by Crippen LogP contribution is -2.54. The molecule has 0 saturated heterocycles. The highest BCUT2D eigenvalue weighted by molar-refractivity contribution is 6.23. The van der Waals surface area contributed by atoms with Crippen molar-refractivity contribution in [3.63, 3.8) is 0 Å². The molecule has 0 aromatic heterocycles. The van der Waals surface area contributed by atoms with Gasteiger partial charge in [0.1, 0.15) is 18.3 Å². The van der Waals surface area contributed by atoms with Crippen LogP contribution in [0, 0.1) is 0 Å². The minimum atomic E-state index is -2.66. The van der Waals surface area contributed by atoms with E-state index in [9.17, 15) is 4.79 Å². The van der Waals surface area contributed by atoms with Crippen LogP contribution in [-0.4, -0.2) is 61.8 Å². The maximum Gasteiger partial charge on any atom is 0.195 e. The van der Waals surface area contributed by atoms with E-state index in [0.717, 1.165) is 0 Å². The number of rotatable bonds is 5. The molecular formula is C6H11ClO6. The van der Waals surface area contributed by atoms with Gasteiger partial charge < -0.3 is 30.3 Å². The van der Waals surface area contributed by atoms with Crippen molar-refractivity contribution in [1.82, 2.24) is 0 Å². The molecule has 7 heteroatoms. The van der Waals surface area contributed by atoms with Crippen molar-refractivity contribution in [2.45, 2.75) is 23.4 Å². The molecular weight excluding hydrogens is 204 g/mol. The second-order valence-electron chi connectivity index (χ2n) is 2.50. The number of carbonyl (C=O) groups is 1. The first kappa shape index (κ1) is 12.8. The molecule has 0 aliphatic carbocycles. The highest BCUT2D eigenvalue weighted by Gasteiger charge is 2.44. The van der Waals surface area contributed by atoms with Gasteiger partial charge in [-0.25, -0.2) is 0 Å². The van der Waals surface area contributed by atoms with Gasteiger partial charge in [-0.3, -0.25) is 0 Å². The third-order valence-electron chi connectivity index (χ3n) is 1.52. The Kier molecular flexibility index (Phi) is 4.76. The molecule has 0 fully saturated rings. The number of aliphatic hydroxyl groups is 5. The minimum Gasteiger partial charge on any atom is -0.394 e. The molecule has 0 aliphatic rings. The first-order valence-corrected chi connectivity index (χ1v) is 3.77. The second-order valence-corrected chi connectivity index (χ2v) is 3.10. The van der Waals surface area contributed by atoms with Gasteiger partial charge in [0.25, 0.3) is 0 Å². The van der Waals surface area contributed by atoms with Gasteiger partial charge in [-0.2, -0.15) is 0 Å². The monoisotopic (exact) mass is 214 g/mol. The number of halogens is 1. The summed E-state index contributed by atoms with van der Waals surface area (Å²) in [5.41, 5.74) is 0. The van der Waals surface area contributed by atoms with Crippen LogP contribution in [0.2, 0.25) is 0 Å². The van der Waals surface area contributed by atoms with Crippen molar-refractivity contribution in [1.29, 1.82) is 0 Å².